The average molecular weight is 449 g/mol. The van der Waals surface area contributed by atoms with Crippen LogP contribution < -0.4 is 0 Å². The van der Waals surface area contributed by atoms with Gasteiger partial charge in [0, 0.05) is 17.8 Å². The molecule has 0 fully saturated rings. The Hall–Kier alpha value is -1.88. The van der Waals surface area contributed by atoms with E-state index in [9.17, 15) is 9.59 Å². The van der Waals surface area contributed by atoms with Gasteiger partial charge in [-0.3, -0.25) is 9.59 Å². The summed E-state index contributed by atoms with van der Waals surface area (Å²) in [7, 11) is 2.79. The molecule has 0 amide bonds. The van der Waals surface area contributed by atoms with E-state index in [2.05, 4.69) is 12.2 Å². The molecule has 0 aliphatic heterocycles. The van der Waals surface area contributed by atoms with Crippen molar-refractivity contribution in [3.8, 4) is 0 Å². The number of allylic oxidation sites excluding steroid dienone is 4. The maximum atomic E-state index is 12.6. The van der Waals surface area contributed by atoms with Gasteiger partial charge in [-0.15, -0.1) is 0 Å². The van der Waals surface area contributed by atoms with Gasteiger partial charge in [0.2, 0.25) is 23.1 Å². The van der Waals surface area contributed by atoms with Crippen LogP contribution in [0.4, 0.5) is 0 Å². The maximum Gasteiger partial charge on any atom is 0.228 e. The molecule has 0 spiro atoms. The fourth-order valence-electron chi connectivity index (χ4n) is 4.08. The van der Waals surface area contributed by atoms with Gasteiger partial charge >= 0.3 is 0 Å². The Bertz CT molecular complexity index is 657. The normalized spacial score (nSPS) is 14.8. The van der Waals surface area contributed by atoms with Gasteiger partial charge in [-0.1, -0.05) is 63.5 Å². The number of ether oxygens (including phenoxy) is 2. The highest BCUT2D eigenvalue weighted by atomic mass is 16.5. The molecule has 0 heterocycles. The lowest BCUT2D eigenvalue weighted by Crippen LogP contribution is -2.25. The van der Waals surface area contributed by atoms with Crippen molar-refractivity contribution in [3.63, 3.8) is 0 Å². The Morgan fingerprint density at radius 2 is 1.09 bits per heavy atom. The van der Waals surface area contributed by atoms with E-state index in [1.54, 1.807) is 6.92 Å². The van der Waals surface area contributed by atoms with Gasteiger partial charge in [-0.25, -0.2) is 0 Å². The van der Waals surface area contributed by atoms with Crippen LogP contribution in [0, 0.1) is 0 Å². The first-order chi connectivity index (χ1) is 15.6. The second-order valence-electron chi connectivity index (χ2n) is 8.59. The zero-order valence-electron chi connectivity index (χ0n) is 20.5. The van der Waals surface area contributed by atoms with Crippen molar-refractivity contribution in [3.05, 3.63) is 34.8 Å². The minimum absolute atomic E-state index is 0.0165. The number of aliphatic hydroxyl groups excluding tert-OH is 1. The van der Waals surface area contributed by atoms with Crippen molar-refractivity contribution in [2.75, 3.05) is 20.8 Å². The van der Waals surface area contributed by atoms with Crippen LogP contribution in [0.25, 0.3) is 0 Å². The summed E-state index contributed by atoms with van der Waals surface area (Å²) in [5, 5.41) is 8.74. The first kappa shape index (κ1) is 28.2. The highest BCUT2D eigenvalue weighted by Gasteiger charge is 2.34. The molecule has 5 nitrogen and oxygen atoms in total. The van der Waals surface area contributed by atoms with Gasteiger partial charge in [0.25, 0.3) is 0 Å². The van der Waals surface area contributed by atoms with Crippen molar-refractivity contribution in [1.29, 1.82) is 0 Å². The molecule has 5 heteroatoms. The van der Waals surface area contributed by atoms with E-state index in [1.807, 2.05) is 0 Å². The molecule has 0 atom stereocenters. The van der Waals surface area contributed by atoms with E-state index < -0.39 is 0 Å². The summed E-state index contributed by atoms with van der Waals surface area (Å²) >= 11 is 0. The van der Waals surface area contributed by atoms with Crippen LogP contribution in [-0.2, 0) is 19.1 Å². The fraction of sp³-hybridized carbons (Fsp3) is 0.704. The Balaban J connectivity index is 2.06. The largest absolute Gasteiger partial charge is 0.489 e. The minimum Gasteiger partial charge on any atom is -0.489 e. The first-order valence-corrected chi connectivity index (χ1v) is 12.5. The Morgan fingerprint density at radius 3 is 1.59 bits per heavy atom. The summed E-state index contributed by atoms with van der Waals surface area (Å²) in [6, 6.07) is 0. The van der Waals surface area contributed by atoms with Crippen LogP contribution >= 0.6 is 0 Å². The number of rotatable bonds is 19. The number of hydrogen-bond donors (Lipinski definition) is 1. The molecule has 0 unspecified atom stereocenters. The van der Waals surface area contributed by atoms with E-state index in [4.69, 9.17) is 14.6 Å². The molecule has 0 aromatic carbocycles. The van der Waals surface area contributed by atoms with Crippen LogP contribution in [0.1, 0.15) is 103 Å². The van der Waals surface area contributed by atoms with Crippen molar-refractivity contribution in [1.82, 2.24) is 0 Å². The standard InChI is InChI=1S/C27H44O5/c1-22-23(25(30)27(32-3)26(31-2)24(22)29)20-18-16-14-12-10-8-6-4-5-7-9-11-13-15-17-19-21-28/h5,7,28H,4,6,8-21H2,1-3H3/b7-5-. The lowest BCUT2D eigenvalue weighted by atomic mass is 9.89. The third kappa shape index (κ3) is 10.2. The van der Waals surface area contributed by atoms with Gasteiger partial charge in [-0.2, -0.15) is 0 Å². The second kappa shape index (κ2) is 17.6. The molecule has 32 heavy (non-hydrogen) atoms. The molecule has 182 valence electrons. The number of Topliss-reactive ketones (excluding diaryl/α,β-unsaturated/α-hetero) is 2. The number of ketones is 2. The summed E-state index contributed by atoms with van der Waals surface area (Å²) in [6.45, 7) is 2.03. The Kier molecular flexibility index (Phi) is 15.5. The molecular weight excluding hydrogens is 404 g/mol. The Morgan fingerprint density at radius 1 is 0.656 bits per heavy atom. The van der Waals surface area contributed by atoms with Crippen molar-refractivity contribution < 1.29 is 24.2 Å². The number of methoxy groups -OCH3 is 2. The van der Waals surface area contributed by atoms with E-state index in [0.717, 1.165) is 32.1 Å². The molecule has 1 rings (SSSR count). The molecule has 0 aromatic heterocycles. The third-order valence-corrected chi connectivity index (χ3v) is 6.09. The smallest absolute Gasteiger partial charge is 0.228 e. The second-order valence-corrected chi connectivity index (χ2v) is 8.59. The third-order valence-electron chi connectivity index (χ3n) is 6.09. The van der Waals surface area contributed by atoms with E-state index in [1.165, 1.54) is 72.0 Å². The van der Waals surface area contributed by atoms with Gasteiger partial charge in [-0.05, 0) is 51.9 Å². The predicted molar refractivity (Wildman–Crippen MR) is 129 cm³/mol. The summed E-state index contributed by atoms with van der Waals surface area (Å²) in [6.07, 6.45) is 21.6. The average Bonchev–Trinajstić information content (AvgIpc) is 2.80. The van der Waals surface area contributed by atoms with Crippen LogP contribution in [0.15, 0.2) is 34.8 Å². The molecule has 1 N–H and O–H groups in total. The number of carbonyl (C=O) groups excluding carboxylic acids is 2. The predicted octanol–water partition coefficient (Wildman–Crippen LogP) is 6.36. The SMILES string of the molecule is COC1=C(OC)C(=O)C(CCCCCCCCC/C=C\CCCCCCCO)=C(C)C1=O. The van der Waals surface area contributed by atoms with Gasteiger partial charge in [0.1, 0.15) is 0 Å². The van der Waals surface area contributed by atoms with Gasteiger partial charge < -0.3 is 14.6 Å². The van der Waals surface area contributed by atoms with E-state index in [-0.39, 0.29) is 23.1 Å². The maximum absolute atomic E-state index is 12.6. The minimum atomic E-state index is -0.244. The molecule has 1 aliphatic carbocycles. The van der Waals surface area contributed by atoms with Gasteiger partial charge in [0.15, 0.2) is 0 Å². The van der Waals surface area contributed by atoms with Gasteiger partial charge in [0.05, 0.1) is 14.2 Å². The van der Waals surface area contributed by atoms with Crippen LogP contribution in [0.2, 0.25) is 0 Å². The van der Waals surface area contributed by atoms with Crippen LogP contribution in [0.5, 0.6) is 0 Å². The summed E-state index contributed by atoms with van der Waals surface area (Å²) in [5.74, 6) is -0.407. The molecule has 0 aromatic rings. The van der Waals surface area contributed by atoms with Crippen LogP contribution in [-0.4, -0.2) is 37.5 Å². The highest BCUT2D eigenvalue weighted by molar-refractivity contribution is 6.23. The topological polar surface area (TPSA) is 72.8 Å². The summed E-state index contributed by atoms with van der Waals surface area (Å²) in [5.41, 5.74) is 1.06. The molecule has 0 saturated heterocycles. The summed E-state index contributed by atoms with van der Waals surface area (Å²) in [4.78, 5) is 25.0. The number of aliphatic hydroxyl groups is 1. The zero-order valence-corrected chi connectivity index (χ0v) is 20.5. The Labute approximate surface area is 194 Å². The quantitative estimate of drug-likeness (QED) is 0.141. The van der Waals surface area contributed by atoms with E-state index >= 15 is 0 Å². The molecule has 0 bridgehead atoms. The van der Waals surface area contributed by atoms with Crippen molar-refractivity contribution in [2.45, 2.75) is 103 Å². The van der Waals surface area contributed by atoms with Crippen LogP contribution in [0.3, 0.4) is 0 Å². The molecule has 1 aliphatic rings. The lowest BCUT2D eigenvalue weighted by molar-refractivity contribution is -0.121. The molecule has 0 saturated carbocycles. The zero-order chi connectivity index (χ0) is 23.6. The fourth-order valence-corrected chi connectivity index (χ4v) is 4.08. The van der Waals surface area contributed by atoms with Crippen molar-refractivity contribution >= 4 is 11.6 Å². The highest BCUT2D eigenvalue weighted by Crippen LogP contribution is 2.28. The van der Waals surface area contributed by atoms with Crippen molar-refractivity contribution in [2.24, 2.45) is 0 Å². The number of hydrogen-bond acceptors (Lipinski definition) is 5. The molecular formula is C27H44O5. The summed E-state index contributed by atoms with van der Waals surface area (Å²) < 4.78 is 10.2. The lowest BCUT2D eigenvalue weighted by Gasteiger charge is -2.20. The monoisotopic (exact) mass is 448 g/mol. The first-order valence-electron chi connectivity index (χ1n) is 12.5. The number of unbranched alkanes of at least 4 members (excludes halogenated alkanes) is 12. The van der Waals surface area contributed by atoms with E-state index in [0.29, 0.717) is 24.2 Å². The number of carbonyl (C=O) groups is 2. The molecule has 0 radical (unpaired) electrons.